The minimum atomic E-state index is -0.228. The Labute approximate surface area is 72.4 Å². The van der Waals surface area contributed by atoms with E-state index in [9.17, 15) is 4.79 Å². The molecule has 0 amide bonds. The quantitative estimate of drug-likeness (QED) is 0.560. The van der Waals surface area contributed by atoms with Crippen molar-refractivity contribution in [3.05, 3.63) is 0 Å². The number of morpholine rings is 1. The van der Waals surface area contributed by atoms with Crippen LogP contribution in [-0.2, 0) is 14.3 Å². The first-order valence-electron chi connectivity index (χ1n) is 4.19. The molecule has 1 aliphatic rings. The van der Waals surface area contributed by atoms with Crippen molar-refractivity contribution in [3.63, 3.8) is 0 Å². The Hall–Kier alpha value is -0.610. The topological polar surface area (TPSA) is 38.8 Å². The lowest BCUT2D eigenvalue weighted by atomic mass is 10.4. The number of ether oxygens (including phenoxy) is 2. The lowest BCUT2D eigenvalue weighted by Crippen LogP contribution is -2.43. The Morgan fingerprint density at radius 2 is 2.08 bits per heavy atom. The summed E-state index contributed by atoms with van der Waals surface area (Å²) in [6.45, 7) is 6.45. The predicted octanol–water partition coefficient (Wildman–Crippen LogP) is 0.228. The fourth-order valence-corrected chi connectivity index (χ4v) is 1.26. The Kier molecular flexibility index (Phi) is 3.49. The van der Waals surface area contributed by atoms with Crippen molar-refractivity contribution in [1.82, 2.24) is 4.90 Å². The monoisotopic (exact) mass is 173 g/mol. The zero-order chi connectivity index (χ0) is 8.97. The summed E-state index contributed by atoms with van der Waals surface area (Å²) >= 11 is 0. The van der Waals surface area contributed by atoms with Crippen molar-refractivity contribution in [1.29, 1.82) is 0 Å². The normalized spacial score (nSPS) is 21.8. The van der Waals surface area contributed by atoms with E-state index < -0.39 is 0 Å². The van der Waals surface area contributed by atoms with Crippen molar-refractivity contribution in [3.8, 4) is 0 Å². The summed E-state index contributed by atoms with van der Waals surface area (Å²) in [5, 5.41) is 0. The Bertz CT molecular complexity index is 154. The van der Waals surface area contributed by atoms with Gasteiger partial charge in [-0.15, -0.1) is 0 Å². The molecule has 0 aromatic carbocycles. The van der Waals surface area contributed by atoms with Gasteiger partial charge in [-0.05, 0) is 6.92 Å². The van der Waals surface area contributed by atoms with Crippen LogP contribution in [-0.4, -0.2) is 43.4 Å². The Morgan fingerprint density at radius 1 is 1.50 bits per heavy atom. The van der Waals surface area contributed by atoms with Gasteiger partial charge in [0.25, 0.3) is 0 Å². The molecule has 1 atom stereocenters. The summed E-state index contributed by atoms with van der Waals surface area (Å²) in [6.07, 6.45) is -0.119. The fraction of sp³-hybridized carbons (Fsp3) is 0.875. The van der Waals surface area contributed by atoms with Crippen LogP contribution >= 0.6 is 0 Å². The molecule has 1 heterocycles. The van der Waals surface area contributed by atoms with Crippen LogP contribution in [0.1, 0.15) is 13.8 Å². The van der Waals surface area contributed by atoms with Crippen molar-refractivity contribution in [2.75, 3.05) is 26.3 Å². The second kappa shape index (κ2) is 4.42. The molecule has 4 nitrogen and oxygen atoms in total. The first kappa shape index (κ1) is 9.48. The predicted molar refractivity (Wildman–Crippen MR) is 43.6 cm³/mol. The summed E-state index contributed by atoms with van der Waals surface area (Å²) in [5.41, 5.74) is 0. The maximum Gasteiger partial charge on any atom is 0.304 e. The van der Waals surface area contributed by atoms with Gasteiger partial charge in [0.15, 0.2) is 6.23 Å². The molecule has 70 valence electrons. The zero-order valence-corrected chi connectivity index (χ0v) is 7.58. The largest absolute Gasteiger partial charge is 0.447 e. The number of esters is 1. The molecular weight excluding hydrogens is 158 g/mol. The highest BCUT2D eigenvalue weighted by Crippen LogP contribution is 2.04. The van der Waals surface area contributed by atoms with E-state index in [0.29, 0.717) is 0 Å². The van der Waals surface area contributed by atoms with E-state index in [0.717, 1.165) is 26.3 Å². The first-order valence-corrected chi connectivity index (χ1v) is 4.19. The summed E-state index contributed by atoms with van der Waals surface area (Å²) in [4.78, 5) is 12.7. The van der Waals surface area contributed by atoms with E-state index in [4.69, 9.17) is 9.47 Å². The van der Waals surface area contributed by atoms with Crippen LogP contribution in [0.2, 0.25) is 0 Å². The third-order valence-corrected chi connectivity index (χ3v) is 1.90. The second-order valence-corrected chi connectivity index (χ2v) is 2.86. The van der Waals surface area contributed by atoms with Crippen LogP contribution in [0.4, 0.5) is 0 Å². The van der Waals surface area contributed by atoms with Gasteiger partial charge < -0.3 is 9.47 Å². The SMILES string of the molecule is CC(=O)OC(C)N1CCOCC1. The molecule has 1 unspecified atom stereocenters. The van der Waals surface area contributed by atoms with Crippen molar-refractivity contribution in [2.45, 2.75) is 20.1 Å². The molecule has 0 aliphatic carbocycles. The van der Waals surface area contributed by atoms with Crippen LogP contribution in [0, 0.1) is 0 Å². The number of carbonyl (C=O) groups is 1. The van der Waals surface area contributed by atoms with Crippen molar-refractivity contribution < 1.29 is 14.3 Å². The summed E-state index contributed by atoms with van der Waals surface area (Å²) < 4.78 is 10.2. The first-order chi connectivity index (χ1) is 5.70. The molecule has 0 aromatic heterocycles. The van der Waals surface area contributed by atoms with Gasteiger partial charge in [0.1, 0.15) is 0 Å². The van der Waals surface area contributed by atoms with Crippen LogP contribution in [0.25, 0.3) is 0 Å². The summed E-state index contributed by atoms with van der Waals surface area (Å²) in [7, 11) is 0. The van der Waals surface area contributed by atoms with Gasteiger partial charge in [0.2, 0.25) is 0 Å². The van der Waals surface area contributed by atoms with Gasteiger partial charge in [0, 0.05) is 20.0 Å². The molecular formula is C8H15NO3. The smallest absolute Gasteiger partial charge is 0.304 e. The van der Waals surface area contributed by atoms with E-state index in [2.05, 4.69) is 4.90 Å². The highest BCUT2D eigenvalue weighted by atomic mass is 16.6. The Balaban J connectivity index is 2.29. The highest BCUT2D eigenvalue weighted by Gasteiger charge is 2.18. The van der Waals surface area contributed by atoms with E-state index >= 15 is 0 Å². The van der Waals surface area contributed by atoms with Gasteiger partial charge in [-0.3, -0.25) is 9.69 Å². The molecule has 0 N–H and O–H groups in total. The molecule has 1 saturated heterocycles. The Morgan fingerprint density at radius 3 is 2.58 bits per heavy atom. The zero-order valence-electron chi connectivity index (χ0n) is 7.58. The van der Waals surface area contributed by atoms with Crippen molar-refractivity contribution >= 4 is 5.97 Å². The number of hydrogen-bond acceptors (Lipinski definition) is 4. The van der Waals surface area contributed by atoms with Crippen molar-refractivity contribution in [2.24, 2.45) is 0 Å². The highest BCUT2D eigenvalue weighted by molar-refractivity contribution is 5.66. The maximum absolute atomic E-state index is 10.6. The van der Waals surface area contributed by atoms with E-state index in [1.54, 1.807) is 0 Å². The average Bonchev–Trinajstić information content (AvgIpc) is 2.05. The van der Waals surface area contributed by atoms with Gasteiger partial charge in [-0.2, -0.15) is 0 Å². The molecule has 0 aromatic rings. The van der Waals surface area contributed by atoms with Crippen LogP contribution in [0.15, 0.2) is 0 Å². The molecule has 0 bridgehead atoms. The van der Waals surface area contributed by atoms with Gasteiger partial charge in [0.05, 0.1) is 13.2 Å². The molecule has 1 rings (SSSR count). The van der Waals surface area contributed by atoms with Crippen LogP contribution < -0.4 is 0 Å². The van der Waals surface area contributed by atoms with E-state index in [1.807, 2.05) is 6.92 Å². The van der Waals surface area contributed by atoms with Crippen LogP contribution in [0.3, 0.4) is 0 Å². The third-order valence-electron chi connectivity index (χ3n) is 1.90. The molecule has 4 heteroatoms. The third kappa shape index (κ3) is 2.79. The number of rotatable bonds is 2. The molecule has 0 spiro atoms. The van der Waals surface area contributed by atoms with Gasteiger partial charge >= 0.3 is 5.97 Å². The second-order valence-electron chi connectivity index (χ2n) is 2.86. The number of hydrogen-bond donors (Lipinski definition) is 0. The van der Waals surface area contributed by atoms with E-state index in [1.165, 1.54) is 6.92 Å². The number of carbonyl (C=O) groups excluding carboxylic acids is 1. The summed E-state index contributed by atoms with van der Waals surface area (Å²) in [5.74, 6) is -0.228. The molecule has 0 radical (unpaired) electrons. The average molecular weight is 173 g/mol. The summed E-state index contributed by atoms with van der Waals surface area (Å²) in [6, 6.07) is 0. The molecule has 1 aliphatic heterocycles. The fourth-order valence-electron chi connectivity index (χ4n) is 1.26. The minimum Gasteiger partial charge on any atom is -0.447 e. The van der Waals surface area contributed by atoms with Gasteiger partial charge in [-0.1, -0.05) is 0 Å². The number of nitrogens with zero attached hydrogens (tertiary/aromatic N) is 1. The molecule has 0 saturated carbocycles. The standard InChI is InChI=1S/C8H15NO3/c1-7(12-8(2)10)9-3-5-11-6-4-9/h7H,3-6H2,1-2H3. The molecule has 1 fully saturated rings. The lowest BCUT2D eigenvalue weighted by molar-refractivity contribution is -0.158. The van der Waals surface area contributed by atoms with Gasteiger partial charge in [-0.25, -0.2) is 0 Å². The maximum atomic E-state index is 10.6. The molecule has 12 heavy (non-hydrogen) atoms. The minimum absolute atomic E-state index is 0.119. The van der Waals surface area contributed by atoms with Crippen LogP contribution in [0.5, 0.6) is 0 Å². The lowest BCUT2D eigenvalue weighted by Gasteiger charge is -2.31. The van der Waals surface area contributed by atoms with E-state index in [-0.39, 0.29) is 12.2 Å².